The first-order valence-corrected chi connectivity index (χ1v) is 10.5. The van der Waals surface area contributed by atoms with Gasteiger partial charge in [0.1, 0.15) is 0 Å². The number of carbonyl (C=O) groups is 1. The van der Waals surface area contributed by atoms with Crippen LogP contribution in [0.15, 0.2) is 66.1 Å². The monoisotopic (exact) mass is 373 g/mol. The fourth-order valence-corrected chi connectivity index (χ4v) is 5.46. The number of aryl methyl sites for hydroxylation is 1. The molecule has 0 N–H and O–H groups in total. The number of amides is 1. The first kappa shape index (κ1) is 17.8. The van der Waals surface area contributed by atoms with Crippen molar-refractivity contribution in [3.8, 4) is 0 Å². The van der Waals surface area contributed by atoms with Crippen molar-refractivity contribution in [2.75, 3.05) is 10.6 Å². The second-order valence-electron chi connectivity index (χ2n) is 5.90. The van der Waals surface area contributed by atoms with Gasteiger partial charge in [-0.3, -0.25) is 4.79 Å². The molecular formula is C19H19NO3S2. The number of benzene rings is 2. The maximum Gasteiger partial charge on any atom is 0.270 e. The van der Waals surface area contributed by atoms with E-state index in [1.165, 1.54) is 23.9 Å². The topological polar surface area (TPSA) is 54.5 Å². The zero-order valence-corrected chi connectivity index (χ0v) is 15.7. The van der Waals surface area contributed by atoms with Crippen LogP contribution in [0.4, 0.5) is 5.69 Å². The molecule has 1 amide bonds. The summed E-state index contributed by atoms with van der Waals surface area (Å²) in [6.07, 6.45) is 3.53. The molecule has 0 saturated carbocycles. The van der Waals surface area contributed by atoms with Gasteiger partial charge in [0.2, 0.25) is 0 Å². The van der Waals surface area contributed by atoms with Gasteiger partial charge >= 0.3 is 0 Å². The van der Waals surface area contributed by atoms with Gasteiger partial charge in [-0.2, -0.15) is 11.8 Å². The summed E-state index contributed by atoms with van der Waals surface area (Å²) < 4.78 is 27.3. The second kappa shape index (κ2) is 6.69. The summed E-state index contributed by atoms with van der Waals surface area (Å²) in [7, 11) is -3.98. The van der Waals surface area contributed by atoms with E-state index in [2.05, 4.69) is 6.58 Å². The minimum absolute atomic E-state index is 0.109. The highest BCUT2D eigenvalue weighted by molar-refractivity contribution is 8.00. The average molecular weight is 373 g/mol. The lowest BCUT2D eigenvalue weighted by molar-refractivity contribution is -0.117. The van der Waals surface area contributed by atoms with Crippen LogP contribution in [0.25, 0.3) is 0 Å². The smallest absolute Gasteiger partial charge is 0.270 e. The van der Waals surface area contributed by atoms with E-state index in [4.69, 9.17) is 0 Å². The van der Waals surface area contributed by atoms with Crippen LogP contribution in [-0.4, -0.2) is 25.8 Å². The van der Waals surface area contributed by atoms with Crippen molar-refractivity contribution in [2.24, 2.45) is 0 Å². The third-order valence-corrected chi connectivity index (χ3v) is 7.08. The van der Waals surface area contributed by atoms with E-state index in [1.807, 2.05) is 25.3 Å². The Labute approximate surface area is 152 Å². The van der Waals surface area contributed by atoms with Crippen LogP contribution in [0.1, 0.15) is 17.0 Å². The SMILES string of the molecule is C=CC1c2ccccc2N(S(=O)(=O)c2ccc(C)cc2)C(=O)C1SC. The van der Waals surface area contributed by atoms with Gasteiger partial charge < -0.3 is 0 Å². The number of hydrogen-bond donors (Lipinski definition) is 0. The summed E-state index contributed by atoms with van der Waals surface area (Å²) in [6.45, 7) is 5.72. The molecule has 1 heterocycles. The van der Waals surface area contributed by atoms with Crippen LogP contribution >= 0.6 is 11.8 Å². The fourth-order valence-electron chi connectivity index (χ4n) is 3.07. The zero-order valence-electron chi connectivity index (χ0n) is 14.0. The van der Waals surface area contributed by atoms with Gasteiger partial charge in [0.05, 0.1) is 15.8 Å². The second-order valence-corrected chi connectivity index (χ2v) is 8.66. The molecule has 0 radical (unpaired) electrons. The van der Waals surface area contributed by atoms with Crippen LogP contribution < -0.4 is 4.31 Å². The lowest BCUT2D eigenvalue weighted by Gasteiger charge is -2.36. The number of fused-ring (bicyclic) bond motifs is 1. The van der Waals surface area contributed by atoms with Crippen LogP contribution in [-0.2, 0) is 14.8 Å². The zero-order chi connectivity index (χ0) is 18.2. The largest absolute Gasteiger partial charge is 0.272 e. The van der Waals surface area contributed by atoms with Gasteiger partial charge in [-0.15, -0.1) is 6.58 Å². The highest BCUT2D eigenvalue weighted by Crippen LogP contribution is 2.43. The number of sulfonamides is 1. The van der Waals surface area contributed by atoms with Crippen molar-refractivity contribution in [2.45, 2.75) is 23.0 Å². The summed E-state index contributed by atoms with van der Waals surface area (Å²) in [6, 6.07) is 13.6. The molecular weight excluding hydrogens is 354 g/mol. The van der Waals surface area contributed by atoms with Gasteiger partial charge in [-0.05, 0) is 36.9 Å². The van der Waals surface area contributed by atoms with Crippen LogP contribution in [0.5, 0.6) is 0 Å². The molecule has 130 valence electrons. The Morgan fingerprint density at radius 1 is 1.12 bits per heavy atom. The maximum atomic E-state index is 13.2. The lowest BCUT2D eigenvalue weighted by atomic mass is 9.90. The number of anilines is 1. The molecule has 2 aromatic carbocycles. The molecule has 0 aliphatic carbocycles. The number of hydrogen-bond acceptors (Lipinski definition) is 4. The summed E-state index contributed by atoms with van der Waals surface area (Å²) in [5, 5.41) is -0.521. The van der Waals surface area contributed by atoms with Gasteiger partial charge in [-0.25, -0.2) is 12.7 Å². The Hall–Kier alpha value is -2.05. The number of thioether (sulfide) groups is 1. The summed E-state index contributed by atoms with van der Waals surface area (Å²) in [5.41, 5.74) is 2.16. The maximum absolute atomic E-state index is 13.2. The summed E-state index contributed by atoms with van der Waals surface area (Å²) >= 11 is 1.34. The molecule has 2 aromatic rings. The van der Waals surface area contributed by atoms with E-state index in [-0.39, 0.29) is 10.8 Å². The Bertz CT molecular complexity index is 920. The van der Waals surface area contributed by atoms with E-state index < -0.39 is 21.2 Å². The minimum atomic E-state index is -3.98. The quantitative estimate of drug-likeness (QED) is 0.766. The Morgan fingerprint density at radius 3 is 2.36 bits per heavy atom. The molecule has 2 atom stereocenters. The predicted octanol–water partition coefficient (Wildman–Crippen LogP) is 3.73. The van der Waals surface area contributed by atoms with Crippen molar-refractivity contribution in [3.63, 3.8) is 0 Å². The van der Waals surface area contributed by atoms with E-state index in [1.54, 1.807) is 30.3 Å². The Kier molecular flexibility index (Phi) is 4.75. The standard InChI is InChI=1S/C19H19NO3S2/c1-4-15-16-7-5-6-8-17(16)20(19(21)18(15)24-3)25(22,23)14-11-9-13(2)10-12-14/h4-12,15,18H,1H2,2-3H3. The van der Waals surface area contributed by atoms with E-state index >= 15 is 0 Å². The van der Waals surface area contributed by atoms with Crippen molar-refractivity contribution in [3.05, 3.63) is 72.3 Å². The number of rotatable bonds is 4. The van der Waals surface area contributed by atoms with Crippen molar-refractivity contribution in [1.82, 2.24) is 0 Å². The minimum Gasteiger partial charge on any atom is -0.272 e. The summed E-state index contributed by atoms with van der Waals surface area (Å²) in [5.74, 6) is -0.653. The number of carbonyl (C=O) groups excluding carboxylic acids is 1. The molecule has 0 fully saturated rings. The molecule has 1 aliphatic heterocycles. The van der Waals surface area contributed by atoms with Gasteiger partial charge in [0.25, 0.3) is 15.9 Å². The Morgan fingerprint density at radius 2 is 1.76 bits per heavy atom. The fraction of sp³-hybridized carbons (Fsp3) is 0.211. The van der Waals surface area contributed by atoms with E-state index in [0.717, 1.165) is 15.4 Å². The van der Waals surface area contributed by atoms with Crippen molar-refractivity contribution < 1.29 is 13.2 Å². The highest BCUT2D eigenvalue weighted by Gasteiger charge is 2.44. The van der Waals surface area contributed by atoms with Crippen molar-refractivity contribution in [1.29, 1.82) is 0 Å². The third-order valence-electron chi connectivity index (χ3n) is 4.35. The molecule has 25 heavy (non-hydrogen) atoms. The number of nitrogens with zero attached hydrogens (tertiary/aromatic N) is 1. The number of allylic oxidation sites excluding steroid dienone is 1. The van der Waals surface area contributed by atoms with Gasteiger partial charge in [0.15, 0.2) is 0 Å². The van der Waals surface area contributed by atoms with Crippen LogP contribution in [0.2, 0.25) is 0 Å². The molecule has 6 heteroatoms. The van der Waals surface area contributed by atoms with Crippen LogP contribution in [0.3, 0.4) is 0 Å². The molecule has 0 saturated heterocycles. The molecule has 2 unspecified atom stereocenters. The number of para-hydroxylation sites is 1. The molecule has 1 aliphatic rings. The average Bonchev–Trinajstić information content (AvgIpc) is 2.60. The Balaban J connectivity index is 2.22. The summed E-state index contributed by atoms with van der Waals surface area (Å²) in [4.78, 5) is 13.2. The predicted molar refractivity (Wildman–Crippen MR) is 103 cm³/mol. The first-order chi connectivity index (χ1) is 11.9. The molecule has 0 bridgehead atoms. The molecule has 0 aromatic heterocycles. The lowest BCUT2D eigenvalue weighted by Crippen LogP contribution is -2.47. The van der Waals surface area contributed by atoms with Crippen molar-refractivity contribution >= 4 is 33.4 Å². The molecule has 0 spiro atoms. The molecule has 4 nitrogen and oxygen atoms in total. The van der Waals surface area contributed by atoms with Gasteiger partial charge in [0, 0.05) is 5.92 Å². The van der Waals surface area contributed by atoms with Gasteiger partial charge in [-0.1, -0.05) is 42.0 Å². The van der Waals surface area contributed by atoms with Crippen LogP contribution in [0, 0.1) is 6.92 Å². The third kappa shape index (κ3) is 2.89. The highest BCUT2D eigenvalue weighted by atomic mass is 32.2. The first-order valence-electron chi connectivity index (χ1n) is 7.82. The van der Waals surface area contributed by atoms with E-state index in [9.17, 15) is 13.2 Å². The van der Waals surface area contributed by atoms with E-state index in [0.29, 0.717) is 5.69 Å². The normalized spacial score (nSPS) is 20.2. The molecule has 3 rings (SSSR count).